The monoisotopic (exact) mass is 337 g/mol. The summed E-state index contributed by atoms with van der Waals surface area (Å²) in [5.41, 5.74) is 8.09. The Balaban J connectivity index is 1.30. The Hall–Kier alpha value is -2.84. The Morgan fingerprint density at radius 3 is 3.08 bits per heavy atom. The lowest BCUT2D eigenvalue weighted by molar-refractivity contribution is -0.122. The number of hydrogen-bond acceptors (Lipinski definition) is 6. The second-order valence-electron chi connectivity index (χ2n) is 6.00. The van der Waals surface area contributed by atoms with E-state index in [-0.39, 0.29) is 18.0 Å². The van der Waals surface area contributed by atoms with Crippen molar-refractivity contribution in [3.8, 4) is 0 Å². The molecule has 4 rings (SSSR count). The molecule has 0 saturated carbocycles. The van der Waals surface area contributed by atoms with Crippen molar-refractivity contribution in [3.05, 3.63) is 60.3 Å². The number of fused-ring (bicyclic) bond motifs is 1. The van der Waals surface area contributed by atoms with Crippen LogP contribution in [-0.4, -0.2) is 38.1 Å². The van der Waals surface area contributed by atoms with Crippen molar-refractivity contribution in [1.82, 2.24) is 35.8 Å². The summed E-state index contributed by atoms with van der Waals surface area (Å²) in [6.45, 7) is 0.518. The Morgan fingerprint density at radius 1 is 1.24 bits per heavy atom. The van der Waals surface area contributed by atoms with E-state index in [1.165, 1.54) is 0 Å². The fourth-order valence-electron chi connectivity index (χ4n) is 3.01. The molecule has 0 aliphatic carbocycles. The molecule has 1 amide bonds. The third kappa shape index (κ3) is 3.35. The predicted octanol–water partition coefficient (Wildman–Crippen LogP) is 0.391. The number of carbonyl (C=O) groups is 1. The van der Waals surface area contributed by atoms with Crippen molar-refractivity contribution >= 4 is 11.6 Å². The van der Waals surface area contributed by atoms with Crippen molar-refractivity contribution in [2.24, 2.45) is 0 Å². The first-order valence-corrected chi connectivity index (χ1v) is 8.28. The fourth-order valence-corrected chi connectivity index (χ4v) is 3.01. The van der Waals surface area contributed by atoms with Crippen LogP contribution in [0.3, 0.4) is 0 Å². The van der Waals surface area contributed by atoms with E-state index < -0.39 is 0 Å². The molecular formula is C17H19N7O. The molecule has 25 heavy (non-hydrogen) atoms. The molecule has 2 atom stereocenters. The van der Waals surface area contributed by atoms with Gasteiger partial charge in [-0.2, -0.15) is 0 Å². The molecular weight excluding hydrogens is 318 g/mol. The molecule has 0 radical (unpaired) electrons. The average molecular weight is 337 g/mol. The van der Waals surface area contributed by atoms with Crippen LogP contribution in [-0.2, 0) is 11.2 Å². The minimum Gasteiger partial charge on any atom is -0.354 e. The minimum atomic E-state index is -0.264. The van der Waals surface area contributed by atoms with Gasteiger partial charge in [0.05, 0.1) is 0 Å². The highest BCUT2D eigenvalue weighted by Gasteiger charge is 2.29. The molecule has 0 spiro atoms. The van der Waals surface area contributed by atoms with Gasteiger partial charge in [-0.25, -0.2) is 10.9 Å². The number of aromatic nitrogens is 4. The van der Waals surface area contributed by atoms with Gasteiger partial charge < -0.3 is 5.32 Å². The van der Waals surface area contributed by atoms with Gasteiger partial charge in [-0.15, -0.1) is 10.2 Å². The lowest BCUT2D eigenvalue weighted by atomic mass is 10.0. The molecule has 0 aromatic carbocycles. The molecule has 1 aliphatic heterocycles. The number of rotatable bonds is 5. The highest BCUT2D eigenvalue weighted by Crippen LogP contribution is 2.21. The maximum absolute atomic E-state index is 12.3. The van der Waals surface area contributed by atoms with Crippen LogP contribution in [0.25, 0.3) is 5.65 Å². The topological polar surface area (TPSA) is 96.2 Å². The van der Waals surface area contributed by atoms with Gasteiger partial charge in [-0.3, -0.25) is 14.2 Å². The number of nitrogens with zero attached hydrogens (tertiary/aromatic N) is 4. The third-order valence-electron chi connectivity index (χ3n) is 4.34. The molecule has 4 heterocycles. The first kappa shape index (κ1) is 15.7. The van der Waals surface area contributed by atoms with Gasteiger partial charge in [0.25, 0.3) is 0 Å². The number of hydrogen-bond donors (Lipinski definition) is 3. The largest absolute Gasteiger partial charge is 0.354 e. The molecule has 0 bridgehead atoms. The molecule has 1 saturated heterocycles. The summed E-state index contributed by atoms with van der Waals surface area (Å²) < 4.78 is 1.93. The molecule has 1 fully saturated rings. The minimum absolute atomic E-state index is 0.0206. The summed E-state index contributed by atoms with van der Waals surface area (Å²) in [6.07, 6.45) is 6.79. The lowest BCUT2D eigenvalue weighted by Crippen LogP contribution is -2.43. The van der Waals surface area contributed by atoms with Crippen LogP contribution >= 0.6 is 0 Å². The molecule has 3 aromatic rings. The van der Waals surface area contributed by atoms with E-state index in [2.05, 4.69) is 31.3 Å². The van der Waals surface area contributed by atoms with Crippen molar-refractivity contribution in [3.63, 3.8) is 0 Å². The lowest BCUT2D eigenvalue weighted by Gasteiger charge is -2.10. The van der Waals surface area contributed by atoms with Crippen LogP contribution in [0.15, 0.2) is 48.9 Å². The zero-order valence-electron chi connectivity index (χ0n) is 13.6. The summed E-state index contributed by atoms with van der Waals surface area (Å²) >= 11 is 0. The third-order valence-corrected chi connectivity index (χ3v) is 4.34. The first-order chi connectivity index (χ1) is 12.3. The second kappa shape index (κ2) is 6.96. The van der Waals surface area contributed by atoms with Crippen molar-refractivity contribution in [2.75, 3.05) is 6.54 Å². The van der Waals surface area contributed by atoms with E-state index in [4.69, 9.17) is 0 Å². The van der Waals surface area contributed by atoms with E-state index >= 15 is 0 Å². The van der Waals surface area contributed by atoms with Gasteiger partial charge in [0.2, 0.25) is 5.91 Å². The number of nitrogens with one attached hydrogen (secondary N) is 3. The smallest absolute Gasteiger partial charge is 0.238 e. The number of pyridine rings is 2. The van der Waals surface area contributed by atoms with Crippen LogP contribution in [0, 0.1) is 0 Å². The summed E-state index contributed by atoms with van der Waals surface area (Å²) in [6, 6.07) is 9.49. The van der Waals surface area contributed by atoms with Gasteiger partial charge in [0.15, 0.2) is 5.65 Å². The molecule has 128 valence electrons. The maximum Gasteiger partial charge on any atom is 0.238 e. The van der Waals surface area contributed by atoms with Crippen LogP contribution in [0.4, 0.5) is 0 Å². The van der Waals surface area contributed by atoms with E-state index in [0.717, 1.165) is 17.0 Å². The fraction of sp³-hybridized carbons (Fsp3) is 0.294. The summed E-state index contributed by atoms with van der Waals surface area (Å²) in [7, 11) is 0. The highest BCUT2D eigenvalue weighted by molar-refractivity contribution is 5.82. The van der Waals surface area contributed by atoms with Gasteiger partial charge >= 0.3 is 0 Å². The number of hydrazine groups is 1. The van der Waals surface area contributed by atoms with Crippen molar-refractivity contribution in [2.45, 2.75) is 24.9 Å². The molecule has 8 heteroatoms. The zero-order chi connectivity index (χ0) is 17.1. The number of amides is 1. The Labute approximate surface area is 144 Å². The van der Waals surface area contributed by atoms with Gasteiger partial charge in [-0.1, -0.05) is 12.1 Å². The van der Waals surface area contributed by atoms with E-state index in [0.29, 0.717) is 19.4 Å². The van der Waals surface area contributed by atoms with E-state index in [1.54, 1.807) is 6.20 Å². The normalized spacial score (nSPS) is 20.0. The van der Waals surface area contributed by atoms with E-state index in [9.17, 15) is 4.79 Å². The number of carbonyl (C=O) groups excluding carboxylic acids is 1. The summed E-state index contributed by atoms with van der Waals surface area (Å²) in [4.78, 5) is 16.5. The van der Waals surface area contributed by atoms with Crippen molar-refractivity contribution in [1.29, 1.82) is 0 Å². The standard InChI is InChI=1S/C17H19N7O/c25-17(14-10-13(20-21-14)12-4-3-7-18-11-12)19-8-6-16-23-22-15-5-1-2-9-24(15)16/h1-5,7,9,11,13-14,20-21H,6,8,10H2,(H,19,25). The molecule has 2 unspecified atom stereocenters. The van der Waals surface area contributed by atoms with Gasteiger partial charge in [0, 0.05) is 37.6 Å². The molecule has 8 nitrogen and oxygen atoms in total. The van der Waals surface area contributed by atoms with E-state index in [1.807, 2.05) is 47.1 Å². The van der Waals surface area contributed by atoms with Crippen LogP contribution in [0.2, 0.25) is 0 Å². The second-order valence-corrected chi connectivity index (χ2v) is 6.00. The summed E-state index contributed by atoms with van der Waals surface area (Å²) in [5, 5.41) is 11.2. The first-order valence-electron chi connectivity index (χ1n) is 8.28. The van der Waals surface area contributed by atoms with Crippen LogP contribution < -0.4 is 16.2 Å². The van der Waals surface area contributed by atoms with Gasteiger partial charge in [0.1, 0.15) is 11.9 Å². The maximum atomic E-state index is 12.3. The quantitative estimate of drug-likeness (QED) is 0.623. The molecule has 3 aromatic heterocycles. The summed E-state index contributed by atoms with van der Waals surface area (Å²) in [5.74, 6) is 0.814. The molecule has 3 N–H and O–H groups in total. The highest BCUT2D eigenvalue weighted by atomic mass is 16.2. The van der Waals surface area contributed by atoms with Gasteiger partial charge in [-0.05, 0) is 30.2 Å². The Bertz CT molecular complexity index is 864. The SMILES string of the molecule is O=C(NCCc1nnc2ccccn12)C1CC(c2cccnc2)NN1. The average Bonchev–Trinajstić information content (AvgIpc) is 3.30. The predicted molar refractivity (Wildman–Crippen MR) is 91.4 cm³/mol. The molecule has 1 aliphatic rings. The Kier molecular flexibility index (Phi) is 4.36. The van der Waals surface area contributed by atoms with Crippen molar-refractivity contribution < 1.29 is 4.79 Å². The zero-order valence-corrected chi connectivity index (χ0v) is 13.6. The van der Waals surface area contributed by atoms with Crippen LogP contribution in [0.1, 0.15) is 23.9 Å². The Morgan fingerprint density at radius 2 is 2.20 bits per heavy atom. The van der Waals surface area contributed by atoms with Crippen LogP contribution in [0.5, 0.6) is 0 Å².